The van der Waals surface area contributed by atoms with E-state index in [4.69, 9.17) is 10.5 Å². The van der Waals surface area contributed by atoms with Crippen LogP contribution < -0.4 is 10.5 Å². The topological polar surface area (TPSA) is 51.4 Å². The van der Waals surface area contributed by atoms with E-state index in [0.717, 1.165) is 36.8 Å². The van der Waals surface area contributed by atoms with Crippen molar-refractivity contribution in [1.82, 2.24) is 9.88 Å². The molecule has 1 aliphatic rings. The summed E-state index contributed by atoms with van der Waals surface area (Å²) in [6, 6.07) is 4.24. The van der Waals surface area contributed by atoms with Crippen molar-refractivity contribution in [3.05, 3.63) is 23.5 Å². The molecule has 0 radical (unpaired) electrons. The van der Waals surface area contributed by atoms with Crippen LogP contribution in [0, 0.1) is 12.8 Å². The van der Waals surface area contributed by atoms with Crippen molar-refractivity contribution in [2.45, 2.75) is 26.4 Å². The van der Waals surface area contributed by atoms with Crippen LogP contribution in [0.4, 0.5) is 0 Å². The molecule has 4 heteroatoms. The first-order chi connectivity index (χ1) is 8.08. The van der Waals surface area contributed by atoms with E-state index >= 15 is 0 Å². The Morgan fingerprint density at radius 1 is 1.47 bits per heavy atom. The van der Waals surface area contributed by atoms with Crippen molar-refractivity contribution >= 4 is 0 Å². The minimum atomic E-state index is 0.293. The third-order valence-corrected chi connectivity index (χ3v) is 3.35. The van der Waals surface area contributed by atoms with E-state index in [9.17, 15) is 0 Å². The van der Waals surface area contributed by atoms with E-state index in [1.54, 1.807) is 7.11 Å². The molecule has 0 amide bonds. The molecule has 1 fully saturated rings. The Morgan fingerprint density at radius 3 is 2.82 bits per heavy atom. The van der Waals surface area contributed by atoms with E-state index in [2.05, 4.69) is 16.8 Å². The minimum absolute atomic E-state index is 0.293. The molecule has 0 bridgehead atoms. The average Bonchev–Trinajstić information content (AvgIpc) is 2.57. The summed E-state index contributed by atoms with van der Waals surface area (Å²) in [6.07, 6.45) is 0. The van der Waals surface area contributed by atoms with Gasteiger partial charge in [0, 0.05) is 43.5 Å². The van der Waals surface area contributed by atoms with Gasteiger partial charge in [0.15, 0.2) is 0 Å². The quantitative estimate of drug-likeness (QED) is 0.854. The minimum Gasteiger partial charge on any atom is -0.497 e. The third-order valence-electron chi connectivity index (χ3n) is 3.35. The molecule has 2 atom stereocenters. The highest BCUT2D eigenvalue weighted by Gasteiger charge is 2.26. The first-order valence-electron chi connectivity index (χ1n) is 6.08. The second-order valence-corrected chi connectivity index (χ2v) is 4.97. The second-order valence-electron chi connectivity index (χ2n) is 4.97. The summed E-state index contributed by atoms with van der Waals surface area (Å²) >= 11 is 0. The van der Waals surface area contributed by atoms with E-state index in [-0.39, 0.29) is 0 Å². The van der Waals surface area contributed by atoms with Crippen LogP contribution in [0.5, 0.6) is 5.75 Å². The molecule has 2 heterocycles. The van der Waals surface area contributed by atoms with Crippen LogP contribution in [0.2, 0.25) is 0 Å². The number of hydrogen-bond donors (Lipinski definition) is 1. The number of hydrogen-bond acceptors (Lipinski definition) is 4. The second kappa shape index (κ2) is 5.02. The van der Waals surface area contributed by atoms with Crippen LogP contribution in [0.25, 0.3) is 0 Å². The van der Waals surface area contributed by atoms with Crippen molar-refractivity contribution in [2.24, 2.45) is 11.7 Å². The smallest absolute Gasteiger partial charge is 0.122 e. The van der Waals surface area contributed by atoms with Crippen LogP contribution in [0.1, 0.15) is 18.3 Å². The van der Waals surface area contributed by atoms with Gasteiger partial charge < -0.3 is 10.5 Å². The van der Waals surface area contributed by atoms with Gasteiger partial charge in [0.2, 0.25) is 0 Å². The number of nitrogens with zero attached hydrogens (tertiary/aromatic N) is 2. The van der Waals surface area contributed by atoms with Crippen molar-refractivity contribution in [1.29, 1.82) is 0 Å². The molecule has 2 N–H and O–H groups in total. The van der Waals surface area contributed by atoms with Gasteiger partial charge in [-0.1, -0.05) is 6.92 Å². The van der Waals surface area contributed by atoms with Gasteiger partial charge in [-0.15, -0.1) is 0 Å². The highest BCUT2D eigenvalue weighted by atomic mass is 16.5. The molecule has 2 unspecified atom stereocenters. The number of likely N-dealkylation sites (tertiary alicyclic amines) is 1. The predicted molar refractivity (Wildman–Crippen MR) is 67.9 cm³/mol. The molecule has 1 saturated heterocycles. The summed E-state index contributed by atoms with van der Waals surface area (Å²) in [7, 11) is 1.69. The SMILES string of the molecule is COc1cc(C)nc(CN2CC(C)C(N)C2)c1. The average molecular weight is 235 g/mol. The maximum absolute atomic E-state index is 6.02. The lowest BCUT2D eigenvalue weighted by Gasteiger charge is -2.15. The Kier molecular flexibility index (Phi) is 3.64. The first-order valence-corrected chi connectivity index (χ1v) is 6.08. The highest BCUT2D eigenvalue weighted by molar-refractivity contribution is 5.26. The molecule has 1 aromatic heterocycles. The van der Waals surface area contributed by atoms with Gasteiger partial charge in [-0.2, -0.15) is 0 Å². The normalized spacial score (nSPS) is 25.2. The molecule has 2 rings (SSSR count). The Bertz CT molecular complexity index is 384. The molecule has 0 aromatic carbocycles. The Hall–Kier alpha value is -1.13. The molecule has 0 spiro atoms. The van der Waals surface area contributed by atoms with E-state index in [1.165, 1.54) is 0 Å². The fourth-order valence-corrected chi connectivity index (χ4v) is 2.36. The molecule has 17 heavy (non-hydrogen) atoms. The summed E-state index contributed by atoms with van der Waals surface area (Å²) in [5, 5.41) is 0. The van der Waals surface area contributed by atoms with Crippen molar-refractivity contribution in [3.8, 4) is 5.75 Å². The molecular formula is C13H21N3O. The first kappa shape index (κ1) is 12.3. The van der Waals surface area contributed by atoms with Crippen LogP contribution in [0.3, 0.4) is 0 Å². The van der Waals surface area contributed by atoms with Gasteiger partial charge in [0.25, 0.3) is 0 Å². The molecule has 0 saturated carbocycles. The number of aryl methyl sites for hydroxylation is 1. The lowest BCUT2D eigenvalue weighted by atomic mass is 10.1. The van der Waals surface area contributed by atoms with Gasteiger partial charge in [-0.25, -0.2) is 0 Å². The monoisotopic (exact) mass is 235 g/mol. The van der Waals surface area contributed by atoms with Crippen molar-refractivity contribution in [2.75, 3.05) is 20.2 Å². The van der Waals surface area contributed by atoms with E-state index in [0.29, 0.717) is 12.0 Å². The van der Waals surface area contributed by atoms with Crippen LogP contribution in [0.15, 0.2) is 12.1 Å². The molecular weight excluding hydrogens is 214 g/mol. The summed E-state index contributed by atoms with van der Waals surface area (Å²) in [5.41, 5.74) is 8.08. The maximum Gasteiger partial charge on any atom is 0.122 e. The van der Waals surface area contributed by atoms with Gasteiger partial charge in [-0.05, 0) is 12.8 Å². The number of nitrogens with two attached hydrogens (primary N) is 1. The molecule has 1 aromatic rings. The maximum atomic E-state index is 6.02. The fourth-order valence-electron chi connectivity index (χ4n) is 2.36. The lowest BCUT2D eigenvalue weighted by molar-refractivity contribution is 0.313. The lowest BCUT2D eigenvalue weighted by Crippen LogP contribution is -2.28. The number of pyridine rings is 1. The van der Waals surface area contributed by atoms with Crippen LogP contribution >= 0.6 is 0 Å². The Balaban J connectivity index is 2.06. The van der Waals surface area contributed by atoms with Crippen molar-refractivity contribution in [3.63, 3.8) is 0 Å². The van der Waals surface area contributed by atoms with Gasteiger partial charge in [0.05, 0.1) is 12.8 Å². The summed E-state index contributed by atoms with van der Waals surface area (Å²) in [6.45, 7) is 7.06. The zero-order valence-electron chi connectivity index (χ0n) is 10.8. The third kappa shape index (κ3) is 2.96. The van der Waals surface area contributed by atoms with Gasteiger partial charge in [-0.3, -0.25) is 9.88 Å². The summed E-state index contributed by atoms with van der Waals surface area (Å²) < 4.78 is 5.26. The molecule has 0 aliphatic carbocycles. The standard InChI is InChI=1S/C13H21N3O/c1-9-6-16(8-13(9)14)7-11-5-12(17-3)4-10(2)15-11/h4-5,9,13H,6-8,14H2,1-3H3. The van der Waals surface area contributed by atoms with Crippen LogP contribution in [-0.4, -0.2) is 36.1 Å². The fraction of sp³-hybridized carbons (Fsp3) is 0.615. The number of ether oxygens (including phenoxy) is 1. The van der Waals surface area contributed by atoms with Gasteiger partial charge in [0.1, 0.15) is 5.75 Å². The Morgan fingerprint density at radius 2 is 2.24 bits per heavy atom. The number of aromatic nitrogens is 1. The number of methoxy groups -OCH3 is 1. The zero-order valence-corrected chi connectivity index (χ0v) is 10.8. The number of rotatable bonds is 3. The molecule has 94 valence electrons. The van der Waals surface area contributed by atoms with Crippen LogP contribution in [-0.2, 0) is 6.54 Å². The summed E-state index contributed by atoms with van der Waals surface area (Å²) in [4.78, 5) is 6.89. The molecule has 1 aliphatic heterocycles. The predicted octanol–water partition coefficient (Wildman–Crippen LogP) is 1.18. The van der Waals surface area contributed by atoms with E-state index in [1.807, 2.05) is 19.1 Å². The Labute approximate surface area is 103 Å². The van der Waals surface area contributed by atoms with Gasteiger partial charge >= 0.3 is 0 Å². The summed E-state index contributed by atoms with van der Waals surface area (Å²) in [5.74, 6) is 1.45. The highest BCUT2D eigenvalue weighted by Crippen LogP contribution is 2.19. The largest absolute Gasteiger partial charge is 0.497 e. The zero-order chi connectivity index (χ0) is 12.4. The van der Waals surface area contributed by atoms with E-state index < -0.39 is 0 Å². The molecule has 4 nitrogen and oxygen atoms in total. The van der Waals surface area contributed by atoms with Crippen molar-refractivity contribution < 1.29 is 4.74 Å².